The number of hydrogen-bond donors (Lipinski definition) is 3. The molecule has 5 amide bonds. The number of nitrogens with one attached hydrogen (secondary N) is 2. The summed E-state index contributed by atoms with van der Waals surface area (Å²) in [5.74, 6) is -2.09. The Morgan fingerprint density at radius 3 is 1.78 bits per heavy atom. The highest BCUT2D eigenvalue weighted by Crippen LogP contribution is 2.41. The number of benzene rings is 2. The van der Waals surface area contributed by atoms with Crippen molar-refractivity contribution in [2.24, 2.45) is 11.1 Å². The van der Waals surface area contributed by atoms with Gasteiger partial charge in [0.2, 0.25) is 17.7 Å². The minimum Gasteiger partial charge on any atom is -0.379 e. The normalized spacial score (nSPS) is 13.4. The van der Waals surface area contributed by atoms with Crippen molar-refractivity contribution >= 4 is 41.3 Å². The summed E-state index contributed by atoms with van der Waals surface area (Å²) in [6, 6.07) is 14.5. The van der Waals surface area contributed by atoms with Crippen molar-refractivity contribution in [3.05, 3.63) is 95.8 Å². The second-order valence-electron chi connectivity index (χ2n) is 19.0. The lowest BCUT2D eigenvalue weighted by Crippen LogP contribution is -2.44. The van der Waals surface area contributed by atoms with Gasteiger partial charge in [-0.3, -0.25) is 28.9 Å². The zero-order valence-corrected chi connectivity index (χ0v) is 46.0. The molecule has 2 aromatic carbocycles. The van der Waals surface area contributed by atoms with E-state index in [-0.39, 0.29) is 61.9 Å². The summed E-state index contributed by atoms with van der Waals surface area (Å²) < 4.78 is 75.6. The molecule has 0 fully saturated rings. The summed E-state index contributed by atoms with van der Waals surface area (Å²) in [7, 11) is 0. The van der Waals surface area contributed by atoms with Crippen molar-refractivity contribution < 1.29 is 70.6 Å². The zero-order chi connectivity index (χ0) is 55.7. The van der Waals surface area contributed by atoms with E-state index in [1.807, 2.05) is 59.0 Å². The molecule has 22 heteroatoms. The van der Waals surface area contributed by atoms with Gasteiger partial charge in [0, 0.05) is 73.0 Å². The largest absolute Gasteiger partial charge is 0.379 e. The van der Waals surface area contributed by atoms with Gasteiger partial charge in [0.15, 0.2) is 0 Å². The fraction of sp³-hybridized carbons (Fsp3) is 0.582. The number of halogens is 2. The minimum absolute atomic E-state index is 0.0848. The SMILES string of the molecule is CC(CSCC(=O)N(CCCN)C(c1cc(-c2cc(F)ccc2F)cn1Cc1ccccc1)C(C)(C)C)NC(=O)CCOCCOCCOCCOCCOCCOCCOCCOCCNC(=O)CN1C(=O)C=CC1=O. The molecule has 3 aromatic rings. The first-order chi connectivity index (χ1) is 37.2. The number of imide groups is 1. The number of thioether (sulfide) groups is 1. The number of ether oxygens (including phenoxy) is 8. The Labute approximate surface area is 456 Å². The van der Waals surface area contributed by atoms with Crippen LogP contribution in [0.25, 0.3) is 11.1 Å². The molecule has 1 aliphatic rings. The van der Waals surface area contributed by atoms with Crippen LogP contribution in [0.1, 0.15) is 57.8 Å². The van der Waals surface area contributed by atoms with E-state index in [2.05, 4.69) is 31.4 Å². The van der Waals surface area contributed by atoms with Crippen molar-refractivity contribution in [3.63, 3.8) is 0 Å². The maximum Gasteiger partial charge on any atom is 0.254 e. The summed E-state index contributed by atoms with van der Waals surface area (Å²) in [5.41, 5.74) is 8.00. The smallest absolute Gasteiger partial charge is 0.254 e. The van der Waals surface area contributed by atoms with Crippen LogP contribution in [-0.2, 0) is 68.4 Å². The van der Waals surface area contributed by atoms with Gasteiger partial charge in [-0.1, -0.05) is 51.1 Å². The predicted molar refractivity (Wildman–Crippen MR) is 288 cm³/mol. The van der Waals surface area contributed by atoms with Crippen LogP contribution in [0, 0.1) is 17.0 Å². The molecule has 2 atom stereocenters. The van der Waals surface area contributed by atoms with Crippen LogP contribution in [0.4, 0.5) is 8.78 Å². The zero-order valence-electron chi connectivity index (χ0n) is 45.2. The Morgan fingerprint density at radius 2 is 1.25 bits per heavy atom. The average molecular weight is 1100 g/mol. The van der Waals surface area contributed by atoms with Crippen LogP contribution in [0.15, 0.2) is 72.9 Å². The molecule has 0 radical (unpaired) electrons. The molecule has 0 spiro atoms. The minimum atomic E-state index is -0.541. The maximum atomic E-state index is 15.2. The van der Waals surface area contributed by atoms with Crippen molar-refractivity contribution in [1.29, 1.82) is 0 Å². The molecule has 0 bridgehead atoms. The highest BCUT2D eigenvalue weighted by molar-refractivity contribution is 8.00. The molecule has 19 nitrogen and oxygen atoms in total. The predicted octanol–water partition coefficient (Wildman–Crippen LogP) is 4.55. The highest BCUT2D eigenvalue weighted by Gasteiger charge is 2.37. The molecule has 0 saturated carbocycles. The third-order valence-corrected chi connectivity index (χ3v) is 12.7. The van der Waals surface area contributed by atoms with E-state index < -0.39 is 40.8 Å². The maximum absolute atomic E-state index is 15.2. The average Bonchev–Trinajstić information content (AvgIpc) is 3.94. The Morgan fingerprint density at radius 1 is 0.714 bits per heavy atom. The third kappa shape index (κ3) is 25.5. The molecule has 2 heterocycles. The Bertz CT molecular complexity index is 2230. The second kappa shape index (κ2) is 36.9. The Hall–Kier alpha value is -5.14. The molecule has 4 N–H and O–H groups in total. The summed E-state index contributed by atoms with van der Waals surface area (Å²) in [6.45, 7) is 15.3. The Balaban J connectivity index is 0.975. The van der Waals surface area contributed by atoms with Gasteiger partial charge in [-0.25, -0.2) is 8.78 Å². The van der Waals surface area contributed by atoms with E-state index in [0.717, 1.165) is 40.4 Å². The summed E-state index contributed by atoms with van der Waals surface area (Å²) >= 11 is 1.44. The topological polar surface area (TPSA) is 221 Å². The number of carbonyl (C=O) groups excluding carboxylic acids is 5. The van der Waals surface area contributed by atoms with Crippen LogP contribution in [0.3, 0.4) is 0 Å². The molecule has 428 valence electrons. The van der Waals surface area contributed by atoms with Gasteiger partial charge in [-0.05, 0) is 55.1 Å². The van der Waals surface area contributed by atoms with Gasteiger partial charge >= 0.3 is 0 Å². The molecule has 77 heavy (non-hydrogen) atoms. The second-order valence-corrected chi connectivity index (χ2v) is 20.0. The molecule has 1 aromatic heterocycles. The number of carbonyl (C=O) groups is 5. The number of aromatic nitrogens is 1. The van der Waals surface area contributed by atoms with Gasteiger partial charge in [0.05, 0.1) is 118 Å². The van der Waals surface area contributed by atoms with E-state index in [9.17, 15) is 28.4 Å². The van der Waals surface area contributed by atoms with Gasteiger partial charge < -0.3 is 63.7 Å². The molecule has 0 saturated heterocycles. The van der Waals surface area contributed by atoms with Crippen molar-refractivity contribution in [3.8, 4) is 11.1 Å². The van der Waals surface area contributed by atoms with Crippen LogP contribution < -0.4 is 16.4 Å². The number of nitrogens with two attached hydrogens (primary N) is 1. The summed E-state index contributed by atoms with van der Waals surface area (Å²) in [4.78, 5) is 64.5. The lowest BCUT2D eigenvalue weighted by Gasteiger charge is -2.41. The van der Waals surface area contributed by atoms with E-state index >= 15 is 4.39 Å². The fourth-order valence-electron chi connectivity index (χ4n) is 7.92. The first-order valence-corrected chi connectivity index (χ1v) is 27.3. The van der Waals surface area contributed by atoms with Crippen LogP contribution in [-0.4, -0.2) is 193 Å². The van der Waals surface area contributed by atoms with Crippen LogP contribution >= 0.6 is 11.8 Å². The quantitative estimate of drug-likeness (QED) is 0.0524. The van der Waals surface area contributed by atoms with E-state index in [1.54, 1.807) is 0 Å². The first kappa shape index (κ1) is 64.4. The van der Waals surface area contributed by atoms with E-state index in [0.29, 0.717) is 130 Å². The lowest BCUT2D eigenvalue weighted by atomic mass is 9.83. The summed E-state index contributed by atoms with van der Waals surface area (Å²) in [5, 5.41) is 5.58. The molecule has 0 aliphatic carbocycles. The van der Waals surface area contributed by atoms with Crippen LogP contribution in [0.5, 0.6) is 0 Å². The van der Waals surface area contributed by atoms with Gasteiger partial charge in [0.1, 0.15) is 18.2 Å². The number of amides is 5. The van der Waals surface area contributed by atoms with Crippen molar-refractivity contribution in [2.45, 2.75) is 59.2 Å². The lowest BCUT2D eigenvalue weighted by molar-refractivity contribution is -0.141. The first-order valence-electron chi connectivity index (χ1n) is 26.2. The van der Waals surface area contributed by atoms with E-state index in [4.69, 9.17) is 43.6 Å². The summed E-state index contributed by atoms with van der Waals surface area (Å²) in [6.07, 6.45) is 4.84. The number of nitrogens with zero attached hydrogens (tertiary/aromatic N) is 3. The van der Waals surface area contributed by atoms with Gasteiger partial charge in [-0.15, -0.1) is 11.8 Å². The molecule has 2 unspecified atom stereocenters. The number of rotatable bonds is 42. The standard InChI is InChI=1S/C55H80F2N6O13S/c1-42(40-77-41-53(68)62(18-8-16-58)54(55(2,3)4)48-35-44(46-36-45(56)11-12-47(46)57)38-61(48)37-43-9-6-5-7-10-43)60-49(64)15-19-69-21-23-71-25-27-73-29-31-75-33-34-76-32-30-74-28-26-72-24-22-70-20-17-59-50(65)39-63-51(66)13-14-52(63)67/h5-7,9-14,35-36,38,42,54H,8,15-34,37,39-41,58H2,1-4H3,(H,59,65)(H,60,64). The molecule has 1 aliphatic heterocycles. The molecule has 4 rings (SSSR count). The third-order valence-electron chi connectivity index (χ3n) is 11.5. The molecular weight excluding hydrogens is 1020 g/mol. The fourth-order valence-corrected chi connectivity index (χ4v) is 8.82. The van der Waals surface area contributed by atoms with E-state index in [1.165, 1.54) is 17.8 Å². The Kier molecular flexibility index (Phi) is 30.8. The van der Waals surface area contributed by atoms with Gasteiger partial charge in [-0.2, -0.15) is 0 Å². The van der Waals surface area contributed by atoms with Gasteiger partial charge in [0.25, 0.3) is 11.8 Å². The highest BCUT2D eigenvalue weighted by atomic mass is 32.2. The van der Waals surface area contributed by atoms with Crippen molar-refractivity contribution in [1.82, 2.24) is 25.0 Å². The van der Waals surface area contributed by atoms with Crippen molar-refractivity contribution in [2.75, 3.05) is 143 Å². The molecular formula is C55H80F2N6O13S. The van der Waals surface area contributed by atoms with Crippen LogP contribution in [0.2, 0.25) is 0 Å². The number of hydrogen-bond acceptors (Lipinski definition) is 15. The monoisotopic (exact) mass is 1100 g/mol.